The molecule has 0 spiro atoms. The average Bonchev–Trinajstić information content (AvgIpc) is 2.89. The molecule has 108 valence electrons. The van der Waals surface area contributed by atoms with Crippen LogP contribution < -0.4 is 10.5 Å². The number of nitrogens with zero attached hydrogens (tertiary/aromatic N) is 2. The highest BCUT2D eigenvalue weighted by molar-refractivity contribution is 6.42. The smallest absolute Gasteiger partial charge is 0.144 e. The molecule has 0 bridgehead atoms. The summed E-state index contributed by atoms with van der Waals surface area (Å²) in [6.45, 7) is 4.58. The number of hydrogen-bond donors (Lipinski definition) is 1. The van der Waals surface area contributed by atoms with E-state index < -0.39 is 0 Å². The lowest BCUT2D eigenvalue weighted by Gasteiger charge is -2.10. The minimum Gasteiger partial charge on any atom is -0.485 e. The van der Waals surface area contributed by atoms with Gasteiger partial charge in [-0.15, -0.1) is 0 Å². The maximum Gasteiger partial charge on any atom is 0.144 e. The van der Waals surface area contributed by atoms with Crippen molar-refractivity contribution in [1.29, 1.82) is 0 Å². The van der Waals surface area contributed by atoms with Crippen LogP contribution in [0.5, 0.6) is 5.75 Å². The van der Waals surface area contributed by atoms with E-state index in [2.05, 4.69) is 18.9 Å². The van der Waals surface area contributed by atoms with Crippen molar-refractivity contribution in [2.75, 3.05) is 5.73 Å². The number of hydrogen-bond acceptors (Lipinski definition) is 3. The standard InChI is InChI=1S/C14H17Cl2N3O/c1-3-9(2)19-5-4-10(18-19)8-20-14-7-12(16)11(15)6-13(14)17/h4-7,9H,3,8,17H2,1-2H3. The van der Waals surface area contributed by atoms with Crippen molar-refractivity contribution >= 4 is 28.9 Å². The number of anilines is 1. The van der Waals surface area contributed by atoms with Crippen LogP contribution in [0, 0.1) is 0 Å². The Morgan fingerprint density at radius 1 is 1.35 bits per heavy atom. The van der Waals surface area contributed by atoms with Crippen LogP contribution in [0.1, 0.15) is 32.0 Å². The minimum absolute atomic E-state index is 0.339. The largest absolute Gasteiger partial charge is 0.485 e. The maximum atomic E-state index is 5.94. The summed E-state index contributed by atoms with van der Waals surface area (Å²) in [6, 6.07) is 5.50. The van der Waals surface area contributed by atoms with Crippen LogP contribution in [-0.2, 0) is 6.61 Å². The molecule has 0 saturated heterocycles. The van der Waals surface area contributed by atoms with E-state index in [-0.39, 0.29) is 0 Å². The molecule has 0 aliphatic heterocycles. The third-order valence-corrected chi connectivity index (χ3v) is 3.86. The first-order valence-corrected chi connectivity index (χ1v) is 7.18. The molecule has 2 aromatic rings. The summed E-state index contributed by atoms with van der Waals surface area (Å²) in [5.74, 6) is 0.512. The molecule has 0 amide bonds. The van der Waals surface area contributed by atoms with Crippen LogP contribution in [0.2, 0.25) is 10.0 Å². The van der Waals surface area contributed by atoms with Crippen LogP contribution in [0.4, 0.5) is 5.69 Å². The zero-order valence-electron chi connectivity index (χ0n) is 11.4. The molecule has 2 N–H and O–H groups in total. The van der Waals surface area contributed by atoms with Crippen LogP contribution in [0.25, 0.3) is 0 Å². The van der Waals surface area contributed by atoms with E-state index >= 15 is 0 Å². The molecule has 1 aromatic carbocycles. The lowest BCUT2D eigenvalue weighted by molar-refractivity contribution is 0.300. The van der Waals surface area contributed by atoms with Gasteiger partial charge in [-0.25, -0.2) is 0 Å². The number of halogens is 2. The summed E-state index contributed by atoms with van der Waals surface area (Å²) in [7, 11) is 0. The van der Waals surface area contributed by atoms with E-state index in [9.17, 15) is 0 Å². The van der Waals surface area contributed by atoms with Gasteiger partial charge in [-0.05, 0) is 25.5 Å². The first-order valence-electron chi connectivity index (χ1n) is 6.42. The van der Waals surface area contributed by atoms with Crippen molar-refractivity contribution in [2.45, 2.75) is 32.9 Å². The Bertz CT molecular complexity index is 598. The Hall–Kier alpha value is -1.39. The van der Waals surface area contributed by atoms with Crippen molar-refractivity contribution in [1.82, 2.24) is 9.78 Å². The Kier molecular flexibility index (Phi) is 4.78. The van der Waals surface area contributed by atoms with Crippen molar-refractivity contribution in [3.63, 3.8) is 0 Å². The second-order valence-electron chi connectivity index (χ2n) is 4.64. The van der Waals surface area contributed by atoms with Crippen molar-refractivity contribution < 1.29 is 4.74 Å². The highest BCUT2D eigenvalue weighted by Crippen LogP contribution is 2.32. The second-order valence-corrected chi connectivity index (χ2v) is 5.45. The number of nitrogens with two attached hydrogens (primary N) is 1. The quantitative estimate of drug-likeness (QED) is 0.836. The van der Waals surface area contributed by atoms with Crippen LogP contribution in [-0.4, -0.2) is 9.78 Å². The van der Waals surface area contributed by atoms with Gasteiger partial charge in [0.15, 0.2) is 0 Å². The molecule has 6 heteroatoms. The molecule has 0 fully saturated rings. The molecule has 0 radical (unpaired) electrons. The molecule has 1 unspecified atom stereocenters. The first kappa shape index (κ1) is 15.0. The van der Waals surface area contributed by atoms with Crippen molar-refractivity contribution in [3.8, 4) is 5.75 Å². The van der Waals surface area contributed by atoms with E-state index in [4.69, 9.17) is 33.7 Å². The molecule has 2 rings (SSSR count). The van der Waals surface area contributed by atoms with Crippen LogP contribution >= 0.6 is 23.2 Å². The third kappa shape index (κ3) is 3.38. The summed E-state index contributed by atoms with van der Waals surface area (Å²) in [5, 5.41) is 5.29. The van der Waals surface area contributed by atoms with Gasteiger partial charge in [-0.2, -0.15) is 5.10 Å². The molecular weight excluding hydrogens is 297 g/mol. The summed E-state index contributed by atoms with van der Waals surface area (Å²) in [4.78, 5) is 0. The van der Waals surface area contributed by atoms with Gasteiger partial charge in [0.2, 0.25) is 0 Å². The fourth-order valence-corrected chi connectivity index (χ4v) is 2.03. The van der Waals surface area contributed by atoms with Gasteiger partial charge in [0.25, 0.3) is 0 Å². The van der Waals surface area contributed by atoms with Gasteiger partial charge in [0, 0.05) is 18.3 Å². The molecule has 0 aliphatic carbocycles. The Balaban J connectivity index is 2.05. The van der Waals surface area contributed by atoms with Gasteiger partial charge in [0.1, 0.15) is 12.4 Å². The maximum absolute atomic E-state index is 5.94. The summed E-state index contributed by atoms with van der Waals surface area (Å²) < 4.78 is 7.57. The Labute approximate surface area is 128 Å². The second kappa shape index (κ2) is 6.37. The molecule has 4 nitrogen and oxygen atoms in total. The highest BCUT2D eigenvalue weighted by Gasteiger charge is 2.08. The van der Waals surface area contributed by atoms with E-state index in [1.54, 1.807) is 12.1 Å². The number of benzene rings is 1. The van der Waals surface area contributed by atoms with E-state index in [0.29, 0.717) is 34.1 Å². The molecular formula is C14H17Cl2N3O. The van der Waals surface area contributed by atoms with Crippen molar-refractivity contribution in [2.24, 2.45) is 0 Å². The Morgan fingerprint density at radius 3 is 2.75 bits per heavy atom. The normalized spacial score (nSPS) is 12.4. The van der Waals surface area contributed by atoms with E-state index in [1.165, 1.54) is 0 Å². The lowest BCUT2D eigenvalue weighted by atomic mass is 10.3. The van der Waals surface area contributed by atoms with Gasteiger partial charge >= 0.3 is 0 Å². The summed E-state index contributed by atoms with van der Waals surface area (Å²) >= 11 is 11.8. The fourth-order valence-electron chi connectivity index (χ4n) is 1.71. The molecule has 0 aliphatic rings. The number of ether oxygens (including phenoxy) is 1. The zero-order valence-corrected chi connectivity index (χ0v) is 12.9. The van der Waals surface area contributed by atoms with Crippen LogP contribution in [0.15, 0.2) is 24.4 Å². The van der Waals surface area contributed by atoms with Crippen molar-refractivity contribution in [3.05, 3.63) is 40.1 Å². The molecule has 20 heavy (non-hydrogen) atoms. The van der Waals surface area contributed by atoms with Gasteiger partial charge in [-0.1, -0.05) is 30.1 Å². The summed E-state index contributed by atoms with van der Waals surface area (Å²) in [6.07, 6.45) is 2.98. The summed E-state index contributed by atoms with van der Waals surface area (Å²) in [5.41, 5.74) is 7.14. The first-order chi connectivity index (χ1) is 9.51. The van der Waals surface area contributed by atoms with Gasteiger partial charge in [-0.3, -0.25) is 4.68 Å². The monoisotopic (exact) mass is 313 g/mol. The van der Waals surface area contributed by atoms with Gasteiger partial charge in [0.05, 0.1) is 21.4 Å². The number of aromatic nitrogens is 2. The molecule has 1 aromatic heterocycles. The predicted molar refractivity (Wildman–Crippen MR) is 82.4 cm³/mol. The minimum atomic E-state index is 0.339. The zero-order chi connectivity index (χ0) is 14.7. The van der Waals surface area contributed by atoms with Gasteiger partial charge < -0.3 is 10.5 Å². The molecule has 1 heterocycles. The highest BCUT2D eigenvalue weighted by atomic mass is 35.5. The fraction of sp³-hybridized carbons (Fsp3) is 0.357. The van der Waals surface area contributed by atoms with E-state index in [1.807, 2.05) is 16.9 Å². The predicted octanol–water partition coefficient (Wildman–Crippen LogP) is 4.32. The van der Waals surface area contributed by atoms with Crippen LogP contribution in [0.3, 0.4) is 0 Å². The van der Waals surface area contributed by atoms with E-state index in [0.717, 1.165) is 12.1 Å². The Morgan fingerprint density at radius 2 is 2.05 bits per heavy atom. The third-order valence-electron chi connectivity index (χ3n) is 3.13. The molecule has 0 saturated carbocycles. The lowest BCUT2D eigenvalue weighted by Crippen LogP contribution is -2.06. The molecule has 1 atom stereocenters. The number of nitrogen functional groups attached to an aromatic ring is 1. The number of rotatable bonds is 5. The SMILES string of the molecule is CCC(C)n1ccc(COc2cc(Cl)c(Cl)cc2N)n1. The average molecular weight is 314 g/mol. The topological polar surface area (TPSA) is 53.1 Å².